The Morgan fingerprint density at radius 1 is 0.818 bits per heavy atom. The van der Waals surface area contributed by atoms with Crippen molar-refractivity contribution in [2.24, 2.45) is 0 Å². The summed E-state index contributed by atoms with van der Waals surface area (Å²) in [6.07, 6.45) is 0. The van der Waals surface area contributed by atoms with Gasteiger partial charge in [-0.15, -0.1) is 0 Å². The van der Waals surface area contributed by atoms with Crippen molar-refractivity contribution in [2.45, 2.75) is 44.4 Å². The number of hydrogen-bond acceptors (Lipinski definition) is 4. The second-order valence-electron chi connectivity index (χ2n) is 5.65. The Hall–Kier alpha value is -2.01. The van der Waals surface area contributed by atoms with Crippen LogP contribution in [0.4, 0.5) is 0 Å². The summed E-state index contributed by atoms with van der Waals surface area (Å²) in [7, 11) is -3.88. The summed E-state index contributed by atoms with van der Waals surface area (Å²) >= 11 is 0. The van der Waals surface area contributed by atoms with Gasteiger partial charge in [0.1, 0.15) is 16.4 Å². The fourth-order valence-corrected chi connectivity index (χ4v) is 4.55. The number of phenolic OH excluding ortho intramolecular Hbond substituents is 2. The molecule has 22 heavy (non-hydrogen) atoms. The summed E-state index contributed by atoms with van der Waals surface area (Å²) in [5.41, 5.74) is 2.84. The van der Waals surface area contributed by atoms with E-state index in [2.05, 4.69) is 0 Å². The fraction of sp³-hybridized carbons (Fsp3) is 0.294. The van der Waals surface area contributed by atoms with Crippen molar-refractivity contribution >= 4 is 9.84 Å². The maximum atomic E-state index is 13.0. The van der Waals surface area contributed by atoms with Crippen LogP contribution in [0.15, 0.2) is 28.0 Å². The molecule has 0 unspecified atom stereocenters. The highest BCUT2D eigenvalue weighted by atomic mass is 32.2. The normalized spacial score (nSPS) is 11.7. The van der Waals surface area contributed by atoms with Crippen LogP contribution in [0.3, 0.4) is 0 Å². The molecule has 0 aliphatic carbocycles. The summed E-state index contributed by atoms with van der Waals surface area (Å²) in [6.45, 7) is 8.47. The smallest absolute Gasteiger partial charge is 0.210 e. The Bertz CT molecular complexity index is 865. The molecule has 0 fully saturated rings. The van der Waals surface area contributed by atoms with E-state index in [9.17, 15) is 18.6 Å². The molecular formula is C17H20O4S. The second kappa shape index (κ2) is 5.32. The Morgan fingerprint density at radius 2 is 1.41 bits per heavy atom. The summed E-state index contributed by atoms with van der Waals surface area (Å²) in [6, 6.07) is 4.53. The number of rotatable bonds is 2. The van der Waals surface area contributed by atoms with Gasteiger partial charge in [0.25, 0.3) is 0 Å². The van der Waals surface area contributed by atoms with Gasteiger partial charge in [-0.3, -0.25) is 0 Å². The molecule has 0 aromatic heterocycles. The van der Waals surface area contributed by atoms with Crippen LogP contribution in [0, 0.1) is 34.6 Å². The van der Waals surface area contributed by atoms with Crippen molar-refractivity contribution in [2.75, 3.05) is 0 Å². The Morgan fingerprint density at radius 3 is 2.00 bits per heavy atom. The van der Waals surface area contributed by atoms with Gasteiger partial charge in [-0.25, -0.2) is 8.42 Å². The van der Waals surface area contributed by atoms with Crippen LogP contribution < -0.4 is 0 Å². The Labute approximate surface area is 131 Å². The van der Waals surface area contributed by atoms with E-state index in [4.69, 9.17) is 0 Å². The molecule has 0 bridgehead atoms. The molecule has 0 aliphatic rings. The van der Waals surface area contributed by atoms with E-state index in [1.807, 2.05) is 0 Å². The van der Waals surface area contributed by atoms with Gasteiger partial charge in [0, 0.05) is 0 Å². The van der Waals surface area contributed by atoms with Crippen LogP contribution in [0.2, 0.25) is 0 Å². The molecule has 0 saturated heterocycles. The van der Waals surface area contributed by atoms with E-state index in [1.54, 1.807) is 40.7 Å². The summed E-state index contributed by atoms with van der Waals surface area (Å²) in [5, 5.41) is 20.0. The molecule has 0 spiro atoms. The first-order chi connectivity index (χ1) is 10.1. The van der Waals surface area contributed by atoms with Crippen molar-refractivity contribution < 1.29 is 18.6 Å². The average Bonchev–Trinajstić information content (AvgIpc) is 2.44. The van der Waals surface area contributed by atoms with Gasteiger partial charge < -0.3 is 10.2 Å². The van der Waals surface area contributed by atoms with Crippen LogP contribution >= 0.6 is 0 Å². The molecule has 0 saturated carbocycles. The van der Waals surface area contributed by atoms with Crippen LogP contribution in [-0.2, 0) is 9.84 Å². The van der Waals surface area contributed by atoms with Crippen molar-refractivity contribution in [3.8, 4) is 11.5 Å². The molecule has 5 heteroatoms. The number of aryl methyl sites for hydroxylation is 2. The molecule has 2 N–H and O–H groups in total. The van der Waals surface area contributed by atoms with E-state index >= 15 is 0 Å². The first-order valence-corrected chi connectivity index (χ1v) is 8.41. The molecule has 0 aliphatic heterocycles. The summed E-state index contributed by atoms with van der Waals surface area (Å²) < 4.78 is 26.0. The maximum absolute atomic E-state index is 13.0. The molecule has 2 rings (SSSR count). The quantitative estimate of drug-likeness (QED) is 0.888. The standard InChI is InChI=1S/C17H20O4S/c1-9-6-7-14(18)17(11(9)3)22(20,21)15-8-10(2)16(19)13(5)12(15)4/h6-8,18-19H,1-5H3. The zero-order chi connectivity index (χ0) is 16.8. The highest BCUT2D eigenvalue weighted by Gasteiger charge is 2.28. The molecular weight excluding hydrogens is 300 g/mol. The van der Waals surface area contributed by atoms with E-state index in [0.717, 1.165) is 5.56 Å². The van der Waals surface area contributed by atoms with Crippen molar-refractivity contribution in [3.63, 3.8) is 0 Å². The average molecular weight is 320 g/mol. The third kappa shape index (κ3) is 2.35. The SMILES string of the molecule is Cc1ccc(O)c(S(=O)(=O)c2cc(C)c(O)c(C)c2C)c1C. The van der Waals surface area contributed by atoms with Gasteiger partial charge >= 0.3 is 0 Å². The van der Waals surface area contributed by atoms with Crippen LogP contribution in [0.25, 0.3) is 0 Å². The Kier molecular flexibility index (Phi) is 3.96. The zero-order valence-corrected chi connectivity index (χ0v) is 14.2. The number of hydrogen-bond donors (Lipinski definition) is 2. The first-order valence-electron chi connectivity index (χ1n) is 6.93. The topological polar surface area (TPSA) is 74.6 Å². The number of phenols is 2. The predicted octanol–water partition coefficient (Wildman–Crippen LogP) is 3.47. The third-order valence-corrected chi connectivity index (χ3v) is 6.28. The molecule has 0 amide bonds. The summed E-state index contributed by atoms with van der Waals surface area (Å²) in [5.74, 6) is -0.160. The molecule has 0 heterocycles. The molecule has 2 aromatic carbocycles. The van der Waals surface area contributed by atoms with Crippen molar-refractivity contribution in [1.82, 2.24) is 0 Å². The fourth-order valence-electron chi connectivity index (χ4n) is 2.54. The lowest BCUT2D eigenvalue weighted by atomic mass is 10.1. The largest absolute Gasteiger partial charge is 0.507 e. The lowest BCUT2D eigenvalue weighted by Crippen LogP contribution is -2.09. The molecule has 2 aromatic rings. The summed E-state index contributed by atoms with van der Waals surface area (Å²) in [4.78, 5) is 0.0457. The van der Waals surface area contributed by atoms with Crippen molar-refractivity contribution in [3.05, 3.63) is 46.0 Å². The van der Waals surface area contributed by atoms with E-state index in [-0.39, 0.29) is 21.3 Å². The minimum atomic E-state index is -3.88. The van der Waals surface area contributed by atoms with Crippen LogP contribution in [0.5, 0.6) is 11.5 Å². The van der Waals surface area contributed by atoms with E-state index < -0.39 is 9.84 Å². The minimum absolute atomic E-state index is 0.0694. The van der Waals surface area contributed by atoms with Gasteiger partial charge in [0.05, 0.1) is 4.90 Å². The van der Waals surface area contributed by atoms with E-state index in [0.29, 0.717) is 22.3 Å². The van der Waals surface area contributed by atoms with Crippen molar-refractivity contribution in [1.29, 1.82) is 0 Å². The second-order valence-corrected chi connectivity index (χ2v) is 7.50. The van der Waals surface area contributed by atoms with Crippen LogP contribution in [-0.4, -0.2) is 18.6 Å². The Balaban J connectivity index is 2.87. The third-order valence-electron chi connectivity index (χ3n) is 4.22. The highest BCUT2D eigenvalue weighted by Crippen LogP contribution is 2.37. The lowest BCUT2D eigenvalue weighted by molar-refractivity contribution is 0.457. The number of benzene rings is 2. The molecule has 4 nitrogen and oxygen atoms in total. The minimum Gasteiger partial charge on any atom is -0.507 e. The monoisotopic (exact) mass is 320 g/mol. The first kappa shape index (κ1) is 16.4. The van der Waals surface area contributed by atoms with Gasteiger partial charge in [-0.05, 0) is 74.6 Å². The molecule has 118 valence electrons. The van der Waals surface area contributed by atoms with Gasteiger partial charge in [-0.2, -0.15) is 0 Å². The highest BCUT2D eigenvalue weighted by molar-refractivity contribution is 7.91. The van der Waals surface area contributed by atoms with Gasteiger partial charge in [0.15, 0.2) is 0 Å². The maximum Gasteiger partial charge on any atom is 0.210 e. The van der Waals surface area contributed by atoms with E-state index in [1.165, 1.54) is 12.1 Å². The number of aromatic hydroxyl groups is 2. The lowest BCUT2D eigenvalue weighted by Gasteiger charge is -2.16. The zero-order valence-electron chi connectivity index (χ0n) is 13.4. The molecule has 0 atom stereocenters. The van der Waals surface area contributed by atoms with Gasteiger partial charge in [-0.1, -0.05) is 6.07 Å². The predicted molar refractivity (Wildman–Crippen MR) is 85.4 cm³/mol. The van der Waals surface area contributed by atoms with Gasteiger partial charge in [0.2, 0.25) is 9.84 Å². The van der Waals surface area contributed by atoms with Crippen LogP contribution in [0.1, 0.15) is 27.8 Å². The number of sulfone groups is 1. The molecule has 0 radical (unpaired) electrons.